The van der Waals surface area contributed by atoms with E-state index < -0.39 is 24.4 Å². The molecule has 3 rings (SSSR count). The van der Waals surface area contributed by atoms with Crippen molar-refractivity contribution in [3.63, 3.8) is 0 Å². The minimum atomic E-state index is -0.875. The summed E-state index contributed by atoms with van der Waals surface area (Å²) in [4.78, 5) is 0. The first-order valence-electron chi connectivity index (χ1n) is 6.90. The van der Waals surface area contributed by atoms with E-state index >= 15 is 0 Å². The van der Waals surface area contributed by atoms with Crippen LogP contribution in [0.2, 0.25) is 0 Å². The van der Waals surface area contributed by atoms with Gasteiger partial charge in [-0.15, -0.1) is 0 Å². The van der Waals surface area contributed by atoms with Crippen LogP contribution >= 0.6 is 0 Å². The average Bonchev–Trinajstić information content (AvgIpc) is 2.42. The number of aliphatic hydroxyl groups excluding tert-OH is 3. The molecule has 6 heteroatoms. The van der Waals surface area contributed by atoms with Crippen LogP contribution in [0.15, 0.2) is 23.8 Å². The highest BCUT2D eigenvalue weighted by molar-refractivity contribution is 5.51. The number of aliphatic hydroxyl groups is 3. The monoisotopic (exact) mass is 294 g/mol. The van der Waals surface area contributed by atoms with Gasteiger partial charge in [0, 0.05) is 30.5 Å². The van der Waals surface area contributed by atoms with E-state index in [0.717, 1.165) is 0 Å². The van der Waals surface area contributed by atoms with E-state index in [2.05, 4.69) is 0 Å². The van der Waals surface area contributed by atoms with Crippen molar-refractivity contribution in [2.75, 3.05) is 0 Å². The fourth-order valence-electron chi connectivity index (χ4n) is 2.90. The van der Waals surface area contributed by atoms with E-state index in [-0.39, 0.29) is 24.3 Å². The molecular weight excluding hydrogens is 276 g/mol. The van der Waals surface area contributed by atoms with Gasteiger partial charge in [-0.1, -0.05) is 6.08 Å². The number of phenols is 2. The molecule has 1 aromatic carbocycles. The smallest absolute Gasteiger partial charge is 0.146 e. The average molecular weight is 294 g/mol. The topological polar surface area (TPSA) is 110 Å². The molecule has 2 unspecified atom stereocenters. The summed E-state index contributed by atoms with van der Waals surface area (Å²) in [6, 6.07) is 2.60. The van der Waals surface area contributed by atoms with Gasteiger partial charge in [-0.3, -0.25) is 0 Å². The molecule has 0 radical (unpaired) electrons. The van der Waals surface area contributed by atoms with Gasteiger partial charge in [-0.05, 0) is 12.0 Å². The summed E-state index contributed by atoms with van der Waals surface area (Å²) in [7, 11) is 0. The van der Waals surface area contributed by atoms with Crippen LogP contribution in [0.4, 0.5) is 0 Å². The zero-order chi connectivity index (χ0) is 15.1. The molecule has 0 saturated carbocycles. The molecule has 6 nitrogen and oxygen atoms in total. The Morgan fingerprint density at radius 3 is 2.43 bits per heavy atom. The zero-order valence-corrected chi connectivity index (χ0v) is 11.3. The summed E-state index contributed by atoms with van der Waals surface area (Å²) < 4.78 is 5.70. The van der Waals surface area contributed by atoms with E-state index in [9.17, 15) is 25.5 Å². The molecule has 1 aliphatic heterocycles. The first-order chi connectivity index (χ1) is 9.95. The normalized spacial score (nSPS) is 32.0. The van der Waals surface area contributed by atoms with Gasteiger partial charge in [0.05, 0.1) is 18.3 Å². The number of hydrogen-bond donors (Lipinski definition) is 5. The summed E-state index contributed by atoms with van der Waals surface area (Å²) in [5.74, 6) is 0.0920. The van der Waals surface area contributed by atoms with Crippen molar-refractivity contribution >= 4 is 0 Å². The summed E-state index contributed by atoms with van der Waals surface area (Å²) in [5.41, 5.74) is 1.17. The second kappa shape index (κ2) is 5.22. The molecule has 0 spiro atoms. The highest BCUT2D eigenvalue weighted by Gasteiger charge is 2.36. The molecule has 21 heavy (non-hydrogen) atoms. The van der Waals surface area contributed by atoms with Crippen molar-refractivity contribution in [1.29, 1.82) is 0 Å². The first kappa shape index (κ1) is 14.2. The number of hydrogen-bond acceptors (Lipinski definition) is 6. The Labute approximate surface area is 121 Å². The maximum absolute atomic E-state index is 10.2. The molecule has 0 amide bonds. The summed E-state index contributed by atoms with van der Waals surface area (Å²) in [6.45, 7) is 0. The number of aromatic hydroxyl groups is 2. The van der Waals surface area contributed by atoms with E-state index in [1.807, 2.05) is 0 Å². The maximum atomic E-state index is 10.2. The Bertz CT molecular complexity index is 582. The SMILES string of the molecule is Oc1cc(O)c2c(c1)O[C@@H](C1=CCC(O)C(O)C1)[C@@H](O)C2. The lowest BCUT2D eigenvalue weighted by molar-refractivity contribution is -0.000817. The fraction of sp³-hybridized carbons (Fsp3) is 0.467. The Hall–Kier alpha value is -1.76. The number of ether oxygens (including phenoxy) is 1. The Kier molecular flexibility index (Phi) is 3.52. The molecular formula is C15H18O6. The summed E-state index contributed by atoms with van der Waals surface area (Å²) >= 11 is 0. The molecule has 1 heterocycles. The molecule has 0 aromatic heterocycles. The lowest BCUT2D eigenvalue weighted by Crippen LogP contribution is -2.42. The summed E-state index contributed by atoms with van der Waals surface area (Å²) in [6.07, 6.45) is -0.692. The lowest BCUT2D eigenvalue weighted by Gasteiger charge is -2.35. The molecule has 0 saturated heterocycles. The van der Waals surface area contributed by atoms with Crippen LogP contribution in [0.5, 0.6) is 17.2 Å². The minimum Gasteiger partial charge on any atom is -0.508 e. The molecule has 2 aliphatic rings. The van der Waals surface area contributed by atoms with Gasteiger partial charge >= 0.3 is 0 Å². The van der Waals surface area contributed by atoms with Crippen molar-refractivity contribution in [1.82, 2.24) is 0 Å². The molecule has 1 aromatic rings. The van der Waals surface area contributed by atoms with Gasteiger partial charge in [0.1, 0.15) is 23.4 Å². The van der Waals surface area contributed by atoms with Crippen LogP contribution in [-0.4, -0.2) is 49.9 Å². The van der Waals surface area contributed by atoms with Gasteiger partial charge in [0.25, 0.3) is 0 Å². The quantitative estimate of drug-likeness (QED) is 0.473. The molecule has 5 N–H and O–H groups in total. The standard InChI is InChI=1S/C15H18O6/c16-8-4-11(18)9-6-13(20)15(21-14(9)5-8)7-1-2-10(17)12(19)3-7/h1,4-5,10,12-13,15-20H,2-3,6H2/t10?,12?,13-,15-/m0/s1. The third kappa shape index (κ3) is 2.57. The molecule has 0 fully saturated rings. The van der Waals surface area contributed by atoms with Gasteiger partial charge in [-0.25, -0.2) is 0 Å². The third-order valence-electron chi connectivity index (χ3n) is 4.06. The number of benzene rings is 1. The Balaban J connectivity index is 1.89. The third-order valence-corrected chi connectivity index (χ3v) is 4.06. The predicted octanol–water partition coefficient (Wildman–Crippen LogP) is 0.204. The fourth-order valence-corrected chi connectivity index (χ4v) is 2.90. The van der Waals surface area contributed by atoms with Crippen LogP contribution in [0.3, 0.4) is 0 Å². The molecule has 114 valence electrons. The first-order valence-corrected chi connectivity index (χ1v) is 6.90. The van der Waals surface area contributed by atoms with Crippen molar-refractivity contribution in [3.8, 4) is 17.2 Å². The van der Waals surface area contributed by atoms with Gasteiger partial charge in [-0.2, -0.15) is 0 Å². The van der Waals surface area contributed by atoms with Crippen molar-refractivity contribution in [2.45, 2.75) is 43.7 Å². The van der Waals surface area contributed by atoms with E-state index in [0.29, 0.717) is 23.3 Å². The van der Waals surface area contributed by atoms with Crippen molar-refractivity contribution < 1.29 is 30.3 Å². The van der Waals surface area contributed by atoms with Crippen LogP contribution in [0.25, 0.3) is 0 Å². The molecule has 0 bridgehead atoms. The maximum Gasteiger partial charge on any atom is 0.146 e. The Morgan fingerprint density at radius 2 is 1.71 bits per heavy atom. The van der Waals surface area contributed by atoms with Crippen LogP contribution in [-0.2, 0) is 6.42 Å². The van der Waals surface area contributed by atoms with Gasteiger partial charge in [0.2, 0.25) is 0 Å². The molecule has 1 aliphatic carbocycles. The predicted molar refractivity (Wildman–Crippen MR) is 73.2 cm³/mol. The minimum absolute atomic E-state index is 0.115. The second-order valence-electron chi connectivity index (χ2n) is 5.61. The second-order valence-corrected chi connectivity index (χ2v) is 5.61. The van der Waals surface area contributed by atoms with Crippen molar-refractivity contribution in [3.05, 3.63) is 29.3 Å². The number of rotatable bonds is 1. The lowest BCUT2D eigenvalue weighted by atomic mass is 9.86. The zero-order valence-electron chi connectivity index (χ0n) is 11.3. The van der Waals surface area contributed by atoms with Crippen molar-refractivity contribution in [2.24, 2.45) is 0 Å². The van der Waals surface area contributed by atoms with Gasteiger partial charge in [0.15, 0.2) is 0 Å². The van der Waals surface area contributed by atoms with Gasteiger partial charge < -0.3 is 30.3 Å². The van der Waals surface area contributed by atoms with E-state index in [1.54, 1.807) is 6.08 Å². The van der Waals surface area contributed by atoms with E-state index in [4.69, 9.17) is 4.74 Å². The molecule has 4 atom stereocenters. The number of fused-ring (bicyclic) bond motifs is 1. The number of phenolic OH excluding ortho intramolecular Hbond substituents is 2. The van der Waals surface area contributed by atoms with E-state index in [1.165, 1.54) is 12.1 Å². The van der Waals surface area contributed by atoms with Crippen LogP contribution < -0.4 is 4.74 Å². The summed E-state index contributed by atoms with van der Waals surface area (Å²) in [5, 5.41) is 48.8. The Morgan fingerprint density at radius 1 is 0.952 bits per heavy atom. The highest BCUT2D eigenvalue weighted by Crippen LogP contribution is 2.40. The highest BCUT2D eigenvalue weighted by atomic mass is 16.5. The van der Waals surface area contributed by atoms with Crippen LogP contribution in [0.1, 0.15) is 18.4 Å². The largest absolute Gasteiger partial charge is 0.508 e. The van der Waals surface area contributed by atoms with Crippen LogP contribution in [0, 0.1) is 0 Å².